The summed E-state index contributed by atoms with van der Waals surface area (Å²) in [5.74, 6) is 0.388. The zero-order valence-corrected chi connectivity index (χ0v) is 15.4. The number of pyridine rings is 1. The van der Waals surface area contributed by atoms with Crippen molar-refractivity contribution in [1.29, 1.82) is 0 Å². The Balaban J connectivity index is 1.86. The van der Waals surface area contributed by atoms with Crippen LogP contribution in [-0.2, 0) is 6.54 Å². The van der Waals surface area contributed by atoms with E-state index in [4.69, 9.17) is 0 Å². The minimum atomic E-state index is -0.234. The SMILES string of the molecule is Cc1nc(C)c(Cn2cccc(C(=O)N(C)[C@H](C)C3CC3)c2=O)s1. The number of rotatable bonds is 5. The predicted octanol–water partition coefficient (Wildman–Crippen LogP) is 2.84. The molecule has 1 saturated carbocycles. The topological polar surface area (TPSA) is 55.2 Å². The van der Waals surface area contributed by atoms with Gasteiger partial charge in [0.15, 0.2) is 0 Å². The molecular weight excluding hydrogens is 322 g/mol. The second-order valence-corrected chi connectivity index (χ2v) is 7.88. The average Bonchev–Trinajstić information content (AvgIpc) is 3.34. The predicted molar refractivity (Wildman–Crippen MR) is 95.7 cm³/mol. The number of aryl methyl sites for hydroxylation is 2. The monoisotopic (exact) mass is 345 g/mol. The largest absolute Gasteiger partial charge is 0.339 e. The number of carbonyl (C=O) groups is 1. The molecule has 0 saturated heterocycles. The summed E-state index contributed by atoms with van der Waals surface area (Å²) in [7, 11) is 1.79. The van der Waals surface area contributed by atoms with E-state index >= 15 is 0 Å². The molecule has 0 radical (unpaired) electrons. The van der Waals surface area contributed by atoms with E-state index in [-0.39, 0.29) is 23.1 Å². The molecule has 1 atom stereocenters. The first-order chi connectivity index (χ1) is 11.4. The summed E-state index contributed by atoms with van der Waals surface area (Å²) in [5, 5.41) is 0.987. The highest BCUT2D eigenvalue weighted by molar-refractivity contribution is 7.11. The molecule has 128 valence electrons. The molecule has 0 N–H and O–H groups in total. The molecule has 0 aliphatic heterocycles. The fraction of sp³-hybridized carbons (Fsp3) is 0.500. The van der Waals surface area contributed by atoms with Crippen LogP contribution in [0.1, 0.15) is 45.7 Å². The fourth-order valence-corrected chi connectivity index (χ4v) is 3.90. The fourth-order valence-electron chi connectivity index (χ4n) is 2.97. The van der Waals surface area contributed by atoms with E-state index in [1.165, 1.54) is 12.8 Å². The lowest BCUT2D eigenvalue weighted by molar-refractivity contribution is 0.0725. The summed E-state index contributed by atoms with van der Waals surface area (Å²) in [4.78, 5) is 32.6. The molecule has 0 aromatic carbocycles. The quantitative estimate of drug-likeness (QED) is 0.837. The molecule has 1 fully saturated rings. The van der Waals surface area contributed by atoms with E-state index in [2.05, 4.69) is 11.9 Å². The van der Waals surface area contributed by atoms with Crippen molar-refractivity contribution in [3.05, 3.63) is 49.8 Å². The van der Waals surface area contributed by atoms with Crippen molar-refractivity contribution in [3.8, 4) is 0 Å². The van der Waals surface area contributed by atoms with Gasteiger partial charge in [0.05, 0.1) is 17.2 Å². The van der Waals surface area contributed by atoms with Crippen LogP contribution in [0, 0.1) is 19.8 Å². The van der Waals surface area contributed by atoms with Gasteiger partial charge >= 0.3 is 0 Å². The molecule has 6 heteroatoms. The zero-order valence-electron chi connectivity index (χ0n) is 14.6. The number of aromatic nitrogens is 2. The maximum Gasteiger partial charge on any atom is 0.263 e. The van der Waals surface area contributed by atoms with Crippen molar-refractivity contribution in [2.24, 2.45) is 5.92 Å². The third-order valence-electron chi connectivity index (χ3n) is 4.80. The third-order valence-corrected chi connectivity index (χ3v) is 5.86. The highest BCUT2D eigenvalue weighted by atomic mass is 32.1. The Bertz CT molecular complexity index is 820. The van der Waals surface area contributed by atoms with Gasteiger partial charge in [-0.15, -0.1) is 11.3 Å². The van der Waals surface area contributed by atoms with E-state index in [0.29, 0.717) is 12.5 Å². The van der Waals surface area contributed by atoms with Crippen molar-refractivity contribution < 1.29 is 4.79 Å². The molecule has 1 aliphatic carbocycles. The molecule has 3 rings (SSSR count). The van der Waals surface area contributed by atoms with Crippen LogP contribution in [-0.4, -0.2) is 33.4 Å². The summed E-state index contributed by atoms with van der Waals surface area (Å²) >= 11 is 1.59. The number of nitrogens with zero attached hydrogens (tertiary/aromatic N) is 3. The lowest BCUT2D eigenvalue weighted by Gasteiger charge is -2.24. The molecule has 2 aromatic rings. The molecule has 2 aromatic heterocycles. The number of thiazole rings is 1. The first-order valence-electron chi connectivity index (χ1n) is 8.28. The van der Waals surface area contributed by atoms with Gasteiger partial charge in [-0.05, 0) is 51.7 Å². The molecule has 0 bridgehead atoms. The molecule has 2 heterocycles. The Hall–Kier alpha value is -1.95. The van der Waals surface area contributed by atoms with Gasteiger partial charge in [0.25, 0.3) is 11.5 Å². The van der Waals surface area contributed by atoms with Gasteiger partial charge in [-0.2, -0.15) is 0 Å². The van der Waals surface area contributed by atoms with Gasteiger partial charge < -0.3 is 9.47 Å². The zero-order chi connectivity index (χ0) is 17.4. The van der Waals surface area contributed by atoms with Crippen molar-refractivity contribution in [1.82, 2.24) is 14.5 Å². The summed E-state index contributed by atoms with van der Waals surface area (Å²) in [6, 6.07) is 3.58. The van der Waals surface area contributed by atoms with E-state index < -0.39 is 0 Å². The number of carbonyl (C=O) groups excluding carboxylic acids is 1. The van der Waals surface area contributed by atoms with Crippen LogP contribution in [0.4, 0.5) is 0 Å². The van der Waals surface area contributed by atoms with E-state index in [1.807, 2.05) is 13.8 Å². The molecular formula is C18H23N3O2S. The highest BCUT2D eigenvalue weighted by Crippen LogP contribution is 2.34. The molecule has 0 unspecified atom stereocenters. The smallest absolute Gasteiger partial charge is 0.263 e. The van der Waals surface area contributed by atoms with E-state index in [0.717, 1.165) is 15.6 Å². The lowest BCUT2D eigenvalue weighted by atomic mass is 10.1. The van der Waals surface area contributed by atoms with Crippen LogP contribution < -0.4 is 5.56 Å². The Morgan fingerprint density at radius 2 is 2.17 bits per heavy atom. The first kappa shape index (κ1) is 16.9. The minimum absolute atomic E-state index is 0.178. The Labute approximate surface area is 146 Å². The summed E-state index contributed by atoms with van der Waals surface area (Å²) < 4.78 is 1.60. The average molecular weight is 345 g/mol. The van der Waals surface area contributed by atoms with Gasteiger partial charge in [0.2, 0.25) is 0 Å². The lowest BCUT2D eigenvalue weighted by Crippen LogP contribution is -2.40. The van der Waals surface area contributed by atoms with Crippen LogP contribution in [0.2, 0.25) is 0 Å². The van der Waals surface area contributed by atoms with Crippen molar-refractivity contribution in [2.45, 2.75) is 46.2 Å². The minimum Gasteiger partial charge on any atom is -0.339 e. The summed E-state index contributed by atoms with van der Waals surface area (Å²) in [5.41, 5.74) is 0.954. The second kappa shape index (κ2) is 6.51. The standard InChI is InChI=1S/C18H23N3O2S/c1-11-16(24-13(3)19-11)10-21-9-5-6-15(18(21)23)17(22)20(4)12(2)14-7-8-14/h5-6,9,12,14H,7-8,10H2,1-4H3/t12-/m1/s1. The van der Waals surface area contributed by atoms with Gasteiger partial charge in [0, 0.05) is 24.2 Å². The Morgan fingerprint density at radius 1 is 1.46 bits per heavy atom. The Morgan fingerprint density at radius 3 is 2.75 bits per heavy atom. The van der Waals surface area contributed by atoms with Crippen LogP contribution in [0.3, 0.4) is 0 Å². The highest BCUT2D eigenvalue weighted by Gasteiger charge is 2.33. The van der Waals surface area contributed by atoms with E-state index in [1.54, 1.807) is 46.2 Å². The third kappa shape index (κ3) is 3.29. The van der Waals surface area contributed by atoms with Crippen LogP contribution in [0.15, 0.2) is 23.1 Å². The van der Waals surface area contributed by atoms with Crippen molar-refractivity contribution >= 4 is 17.2 Å². The number of hydrogen-bond acceptors (Lipinski definition) is 4. The van der Waals surface area contributed by atoms with Gasteiger partial charge in [-0.1, -0.05) is 0 Å². The van der Waals surface area contributed by atoms with Crippen LogP contribution in [0.25, 0.3) is 0 Å². The maximum absolute atomic E-state index is 12.7. The number of amides is 1. The summed E-state index contributed by atoms with van der Waals surface area (Å²) in [6.45, 7) is 6.42. The first-order valence-corrected chi connectivity index (χ1v) is 9.09. The Kier molecular flexibility index (Phi) is 4.58. The van der Waals surface area contributed by atoms with Crippen molar-refractivity contribution in [2.75, 3.05) is 7.05 Å². The second-order valence-electron chi connectivity index (χ2n) is 6.59. The van der Waals surface area contributed by atoms with Crippen molar-refractivity contribution in [3.63, 3.8) is 0 Å². The van der Waals surface area contributed by atoms with Gasteiger partial charge in [-0.25, -0.2) is 4.98 Å². The molecule has 1 amide bonds. The molecule has 1 aliphatic rings. The van der Waals surface area contributed by atoms with Gasteiger partial charge in [-0.3, -0.25) is 9.59 Å². The summed E-state index contributed by atoms with van der Waals surface area (Å²) in [6.07, 6.45) is 4.07. The van der Waals surface area contributed by atoms with Crippen LogP contribution >= 0.6 is 11.3 Å². The maximum atomic E-state index is 12.7. The van der Waals surface area contributed by atoms with E-state index in [9.17, 15) is 9.59 Å². The normalized spacial score (nSPS) is 15.3. The van der Waals surface area contributed by atoms with Crippen LogP contribution in [0.5, 0.6) is 0 Å². The van der Waals surface area contributed by atoms with Gasteiger partial charge in [0.1, 0.15) is 5.56 Å². The number of hydrogen-bond donors (Lipinski definition) is 0. The molecule has 5 nitrogen and oxygen atoms in total. The molecule has 0 spiro atoms. The molecule has 24 heavy (non-hydrogen) atoms.